The van der Waals surface area contributed by atoms with Crippen LogP contribution in [0.3, 0.4) is 0 Å². The highest BCUT2D eigenvalue weighted by molar-refractivity contribution is 5.82. The van der Waals surface area contributed by atoms with E-state index in [0.29, 0.717) is 39.1 Å². The molecule has 0 bridgehead atoms. The fourth-order valence-electron chi connectivity index (χ4n) is 1.82. The number of carbonyl (C=O) groups excluding carboxylic acids is 1. The van der Waals surface area contributed by atoms with Crippen molar-refractivity contribution in [3.05, 3.63) is 0 Å². The van der Waals surface area contributed by atoms with E-state index in [-0.39, 0.29) is 6.03 Å². The molecule has 0 radical (unpaired) electrons. The molecule has 2 N–H and O–H groups in total. The summed E-state index contributed by atoms with van der Waals surface area (Å²) in [6.45, 7) is 3.87. The molecule has 0 aliphatic carbocycles. The topological polar surface area (TPSA) is 88.1 Å². The minimum Gasteiger partial charge on any atom is -0.480 e. The van der Waals surface area contributed by atoms with Gasteiger partial charge in [-0.2, -0.15) is 0 Å². The highest BCUT2D eigenvalue weighted by Crippen LogP contribution is 2.03. The highest BCUT2D eigenvalue weighted by Gasteiger charge is 2.22. The van der Waals surface area contributed by atoms with Gasteiger partial charge in [-0.05, 0) is 12.8 Å². The number of hydrogen-bond acceptors (Lipinski definition) is 4. The van der Waals surface area contributed by atoms with Crippen LogP contribution in [0, 0.1) is 0 Å². The molecule has 7 nitrogen and oxygen atoms in total. The van der Waals surface area contributed by atoms with Gasteiger partial charge in [0.2, 0.25) is 0 Å². The van der Waals surface area contributed by atoms with Gasteiger partial charge < -0.3 is 24.8 Å². The minimum atomic E-state index is -1.000. The summed E-state index contributed by atoms with van der Waals surface area (Å²) < 4.78 is 9.94. The number of aliphatic carboxylic acids is 1. The number of rotatable bonds is 12. The molecule has 0 saturated carbocycles. The van der Waals surface area contributed by atoms with Crippen molar-refractivity contribution in [1.29, 1.82) is 0 Å². The fraction of sp³-hybridized carbons (Fsp3) is 0.857. The van der Waals surface area contributed by atoms with Crippen LogP contribution in [-0.2, 0) is 14.3 Å². The molecule has 0 rings (SSSR count). The average Bonchev–Trinajstić information content (AvgIpc) is 2.46. The SMILES string of the molecule is CCCCC(NC(=O)N(CCCOC)CCOC)C(=O)O. The van der Waals surface area contributed by atoms with E-state index in [1.165, 1.54) is 0 Å². The Balaban J connectivity index is 4.48. The summed E-state index contributed by atoms with van der Waals surface area (Å²) in [5.41, 5.74) is 0. The van der Waals surface area contributed by atoms with Crippen molar-refractivity contribution in [2.24, 2.45) is 0 Å². The number of unbranched alkanes of at least 4 members (excludes halogenated alkanes) is 1. The van der Waals surface area contributed by atoms with Crippen LogP contribution in [0.25, 0.3) is 0 Å². The molecule has 1 atom stereocenters. The first-order chi connectivity index (χ1) is 10.1. The van der Waals surface area contributed by atoms with Crippen LogP contribution in [0.2, 0.25) is 0 Å². The molecule has 0 heterocycles. The van der Waals surface area contributed by atoms with Gasteiger partial charge in [0.05, 0.1) is 6.61 Å². The zero-order valence-electron chi connectivity index (χ0n) is 13.3. The lowest BCUT2D eigenvalue weighted by Gasteiger charge is -2.25. The summed E-state index contributed by atoms with van der Waals surface area (Å²) >= 11 is 0. The van der Waals surface area contributed by atoms with E-state index >= 15 is 0 Å². The lowest BCUT2D eigenvalue weighted by atomic mass is 10.1. The zero-order chi connectivity index (χ0) is 16.1. The summed E-state index contributed by atoms with van der Waals surface area (Å²) in [5.74, 6) is -1.000. The monoisotopic (exact) mass is 304 g/mol. The molecule has 124 valence electrons. The van der Waals surface area contributed by atoms with Crippen molar-refractivity contribution >= 4 is 12.0 Å². The summed E-state index contributed by atoms with van der Waals surface area (Å²) in [7, 11) is 3.16. The van der Waals surface area contributed by atoms with Gasteiger partial charge in [0, 0.05) is 33.9 Å². The molecular formula is C14H28N2O5. The van der Waals surface area contributed by atoms with Gasteiger partial charge >= 0.3 is 12.0 Å². The Morgan fingerprint density at radius 1 is 1.14 bits per heavy atom. The van der Waals surface area contributed by atoms with Crippen LogP contribution in [0.5, 0.6) is 0 Å². The zero-order valence-corrected chi connectivity index (χ0v) is 13.3. The maximum atomic E-state index is 12.2. The van der Waals surface area contributed by atoms with Crippen molar-refractivity contribution in [3.63, 3.8) is 0 Å². The summed E-state index contributed by atoms with van der Waals surface area (Å²) in [4.78, 5) is 24.9. The number of nitrogens with one attached hydrogen (secondary N) is 1. The normalized spacial score (nSPS) is 12.0. The molecular weight excluding hydrogens is 276 g/mol. The molecule has 0 aromatic carbocycles. The predicted molar refractivity (Wildman–Crippen MR) is 79.4 cm³/mol. The summed E-state index contributed by atoms with van der Waals surface area (Å²) in [5, 5.41) is 11.7. The number of hydrogen-bond donors (Lipinski definition) is 2. The first kappa shape index (κ1) is 19.7. The molecule has 0 aromatic heterocycles. The second kappa shape index (κ2) is 12.4. The van der Waals surface area contributed by atoms with Crippen LogP contribution in [0.15, 0.2) is 0 Å². The Kier molecular flexibility index (Phi) is 11.6. The maximum Gasteiger partial charge on any atom is 0.326 e. The molecule has 0 aliphatic rings. The lowest BCUT2D eigenvalue weighted by molar-refractivity contribution is -0.139. The third kappa shape index (κ3) is 9.25. The number of ether oxygens (including phenoxy) is 2. The van der Waals surface area contributed by atoms with E-state index in [1.54, 1.807) is 19.1 Å². The van der Waals surface area contributed by atoms with Gasteiger partial charge in [-0.15, -0.1) is 0 Å². The second-order valence-corrected chi connectivity index (χ2v) is 4.81. The largest absolute Gasteiger partial charge is 0.480 e. The average molecular weight is 304 g/mol. The van der Waals surface area contributed by atoms with Gasteiger partial charge in [-0.3, -0.25) is 0 Å². The fourth-order valence-corrected chi connectivity index (χ4v) is 1.82. The van der Waals surface area contributed by atoms with Gasteiger partial charge in [0.25, 0.3) is 0 Å². The van der Waals surface area contributed by atoms with Crippen LogP contribution in [-0.4, -0.2) is 68.6 Å². The number of methoxy groups -OCH3 is 2. The molecule has 21 heavy (non-hydrogen) atoms. The van der Waals surface area contributed by atoms with Crippen molar-refractivity contribution < 1.29 is 24.2 Å². The van der Waals surface area contributed by atoms with E-state index in [9.17, 15) is 9.59 Å². The van der Waals surface area contributed by atoms with Crippen LogP contribution in [0.1, 0.15) is 32.6 Å². The van der Waals surface area contributed by atoms with Gasteiger partial charge in [-0.25, -0.2) is 9.59 Å². The molecule has 0 spiro atoms. The Morgan fingerprint density at radius 3 is 2.33 bits per heavy atom. The van der Waals surface area contributed by atoms with Crippen molar-refractivity contribution in [1.82, 2.24) is 10.2 Å². The number of carbonyl (C=O) groups is 2. The first-order valence-corrected chi connectivity index (χ1v) is 7.32. The van der Waals surface area contributed by atoms with Crippen LogP contribution in [0.4, 0.5) is 4.79 Å². The quantitative estimate of drug-likeness (QED) is 0.531. The van der Waals surface area contributed by atoms with E-state index in [4.69, 9.17) is 14.6 Å². The number of amides is 2. The third-order valence-electron chi connectivity index (χ3n) is 3.07. The molecule has 0 fully saturated rings. The Hall–Kier alpha value is -1.34. The van der Waals surface area contributed by atoms with Gasteiger partial charge in [-0.1, -0.05) is 19.8 Å². The summed E-state index contributed by atoms with van der Waals surface area (Å²) in [6.07, 6.45) is 2.79. The molecule has 0 aromatic rings. The van der Waals surface area contributed by atoms with Crippen molar-refractivity contribution in [2.75, 3.05) is 40.5 Å². The number of carboxylic acids is 1. The van der Waals surface area contributed by atoms with Crippen molar-refractivity contribution in [3.8, 4) is 0 Å². The summed E-state index contributed by atoms with van der Waals surface area (Å²) in [6, 6.07) is -1.21. The number of carboxylic acid groups (broad SMARTS) is 1. The van der Waals surface area contributed by atoms with Gasteiger partial charge in [0.15, 0.2) is 0 Å². The van der Waals surface area contributed by atoms with E-state index in [0.717, 1.165) is 12.8 Å². The minimum absolute atomic E-state index is 0.369. The highest BCUT2D eigenvalue weighted by atomic mass is 16.5. The Labute approximate surface area is 126 Å². The molecule has 1 unspecified atom stereocenters. The van der Waals surface area contributed by atoms with Crippen molar-refractivity contribution in [2.45, 2.75) is 38.6 Å². The van der Waals surface area contributed by atoms with E-state index < -0.39 is 12.0 Å². The Morgan fingerprint density at radius 2 is 1.81 bits per heavy atom. The molecule has 0 saturated heterocycles. The second-order valence-electron chi connectivity index (χ2n) is 4.81. The lowest BCUT2D eigenvalue weighted by Crippen LogP contribution is -2.49. The third-order valence-corrected chi connectivity index (χ3v) is 3.07. The Bertz CT molecular complexity index is 299. The van der Waals surface area contributed by atoms with Crippen LogP contribution < -0.4 is 5.32 Å². The van der Waals surface area contributed by atoms with Gasteiger partial charge in [0.1, 0.15) is 6.04 Å². The maximum absolute atomic E-state index is 12.2. The number of urea groups is 1. The smallest absolute Gasteiger partial charge is 0.326 e. The molecule has 0 aliphatic heterocycles. The molecule has 2 amide bonds. The molecule has 7 heteroatoms. The number of nitrogens with zero attached hydrogens (tertiary/aromatic N) is 1. The van der Waals surface area contributed by atoms with E-state index in [2.05, 4.69) is 5.32 Å². The van der Waals surface area contributed by atoms with E-state index in [1.807, 2.05) is 6.92 Å². The first-order valence-electron chi connectivity index (χ1n) is 7.32. The van der Waals surface area contributed by atoms with Crippen LogP contribution >= 0.6 is 0 Å². The standard InChI is InChI=1S/C14H28N2O5/c1-4-5-7-12(13(17)18)15-14(19)16(9-11-21-3)8-6-10-20-2/h12H,4-11H2,1-3H3,(H,15,19)(H,17,18). The predicted octanol–water partition coefficient (Wildman–Crippen LogP) is 1.32.